The van der Waals surface area contributed by atoms with E-state index < -0.39 is 34.8 Å². The molecule has 0 aliphatic heterocycles. The third-order valence-electron chi connectivity index (χ3n) is 4.48. The SMILES string of the molecule is CCC/C=C/CCC(=O)C(=O)O.O=C(O)C(=O)Cc1cc(OCc2ccccc2)ccc1[N+](=O)[O-]. The van der Waals surface area contributed by atoms with Crippen molar-refractivity contribution in [2.75, 3.05) is 0 Å². The van der Waals surface area contributed by atoms with Crippen molar-refractivity contribution in [3.63, 3.8) is 0 Å². The van der Waals surface area contributed by atoms with E-state index in [0.717, 1.165) is 18.4 Å². The van der Waals surface area contributed by atoms with Gasteiger partial charge in [0.15, 0.2) is 0 Å². The maximum Gasteiger partial charge on any atom is 0.372 e. The predicted molar refractivity (Wildman–Crippen MR) is 126 cm³/mol. The van der Waals surface area contributed by atoms with Gasteiger partial charge < -0.3 is 14.9 Å². The van der Waals surface area contributed by atoms with Gasteiger partial charge in [-0.3, -0.25) is 19.7 Å². The largest absolute Gasteiger partial charge is 0.489 e. The standard InChI is InChI=1S/C16H13NO6.C9H14O3/c18-15(16(19)20)9-12-8-13(6-7-14(12)17(21)22)23-10-11-4-2-1-3-5-11;1-2-3-4-5-6-7-8(10)9(11)12/h1-8H,9-10H2,(H,19,20);4-5H,2-3,6-7H2,1H3,(H,11,12)/b;5-4+. The number of hydrogen-bond acceptors (Lipinski definition) is 7. The van der Waals surface area contributed by atoms with Crippen LogP contribution in [0.5, 0.6) is 5.75 Å². The first-order valence-corrected chi connectivity index (χ1v) is 10.8. The van der Waals surface area contributed by atoms with Gasteiger partial charge in [0, 0.05) is 24.5 Å². The van der Waals surface area contributed by atoms with Crippen molar-refractivity contribution in [1.29, 1.82) is 0 Å². The normalized spacial score (nSPS) is 10.2. The smallest absolute Gasteiger partial charge is 0.372 e. The van der Waals surface area contributed by atoms with Crippen molar-refractivity contribution in [2.24, 2.45) is 0 Å². The van der Waals surface area contributed by atoms with Crippen LogP contribution in [0.4, 0.5) is 5.69 Å². The minimum absolute atomic E-state index is 0.00737. The number of nitrogens with zero attached hydrogens (tertiary/aromatic N) is 1. The Bertz CT molecular complexity index is 1060. The highest BCUT2D eigenvalue weighted by molar-refractivity contribution is 6.33. The van der Waals surface area contributed by atoms with E-state index in [1.54, 1.807) is 0 Å². The maximum absolute atomic E-state index is 11.3. The first-order valence-electron chi connectivity index (χ1n) is 10.8. The molecule has 0 bridgehead atoms. The molecule has 0 fully saturated rings. The Balaban J connectivity index is 0.000000434. The van der Waals surface area contributed by atoms with Crippen molar-refractivity contribution in [2.45, 2.75) is 45.6 Å². The number of carboxylic acids is 2. The number of carbonyl (C=O) groups excluding carboxylic acids is 2. The van der Waals surface area contributed by atoms with Gasteiger partial charge >= 0.3 is 11.9 Å². The van der Waals surface area contributed by atoms with E-state index >= 15 is 0 Å². The molecule has 2 aromatic rings. The molecule has 0 unspecified atom stereocenters. The number of unbranched alkanes of at least 4 members (excludes halogenated alkanes) is 1. The summed E-state index contributed by atoms with van der Waals surface area (Å²) in [6, 6.07) is 13.2. The average molecular weight is 485 g/mol. The molecular formula is C25H27NO9. The van der Waals surface area contributed by atoms with Crippen LogP contribution in [0.15, 0.2) is 60.7 Å². The van der Waals surface area contributed by atoms with Crippen molar-refractivity contribution < 1.29 is 39.1 Å². The lowest BCUT2D eigenvalue weighted by Crippen LogP contribution is -2.16. The van der Waals surface area contributed by atoms with Crippen LogP contribution in [0, 0.1) is 10.1 Å². The minimum Gasteiger partial charge on any atom is -0.489 e. The summed E-state index contributed by atoms with van der Waals surface area (Å²) in [5.41, 5.74) is 0.605. The van der Waals surface area contributed by atoms with E-state index in [-0.39, 0.29) is 24.3 Å². The number of carbonyl (C=O) groups is 4. The van der Waals surface area contributed by atoms with Crippen LogP contribution < -0.4 is 4.74 Å². The first kappa shape index (κ1) is 28.7. The zero-order valence-corrected chi connectivity index (χ0v) is 19.2. The number of allylic oxidation sites excluding steroid dienone is 2. The maximum atomic E-state index is 11.3. The molecule has 0 saturated carbocycles. The van der Waals surface area contributed by atoms with Gasteiger partial charge in [-0.25, -0.2) is 9.59 Å². The van der Waals surface area contributed by atoms with Crippen molar-refractivity contribution in [1.82, 2.24) is 0 Å². The van der Waals surface area contributed by atoms with Gasteiger partial charge in [-0.15, -0.1) is 0 Å². The summed E-state index contributed by atoms with van der Waals surface area (Å²) in [5.74, 6) is -4.47. The van der Waals surface area contributed by atoms with E-state index in [0.29, 0.717) is 12.2 Å². The monoisotopic (exact) mass is 485 g/mol. The number of rotatable bonds is 13. The summed E-state index contributed by atoms with van der Waals surface area (Å²) in [5, 5.41) is 27.8. The third-order valence-corrected chi connectivity index (χ3v) is 4.48. The lowest BCUT2D eigenvalue weighted by atomic mass is 10.1. The summed E-state index contributed by atoms with van der Waals surface area (Å²) in [4.78, 5) is 52.8. The fraction of sp³-hybridized carbons (Fsp3) is 0.280. The number of nitro benzene ring substituents is 1. The van der Waals surface area contributed by atoms with Crippen molar-refractivity contribution in [3.8, 4) is 5.75 Å². The van der Waals surface area contributed by atoms with E-state index in [2.05, 4.69) is 6.92 Å². The second kappa shape index (κ2) is 15.5. The third kappa shape index (κ3) is 11.4. The zero-order chi connectivity index (χ0) is 26.2. The molecule has 2 N–H and O–H groups in total. The molecule has 0 aliphatic rings. The Kier molecular flexibility index (Phi) is 12.7. The number of carboxylic acid groups (broad SMARTS) is 2. The fourth-order valence-electron chi connectivity index (χ4n) is 2.68. The molecule has 0 aliphatic carbocycles. The van der Waals surface area contributed by atoms with Crippen LogP contribution in [-0.2, 0) is 32.2 Å². The Hall–Kier alpha value is -4.34. The van der Waals surface area contributed by atoms with Gasteiger partial charge in [0.1, 0.15) is 12.4 Å². The van der Waals surface area contributed by atoms with Crippen LogP contribution in [0.3, 0.4) is 0 Å². The Labute approximate surface area is 202 Å². The molecule has 10 nitrogen and oxygen atoms in total. The van der Waals surface area contributed by atoms with Crippen molar-refractivity contribution >= 4 is 29.2 Å². The molecule has 186 valence electrons. The lowest BCUT2D eigenvalue weighted by Gasteiger charge is -2.08. The van der Waals surface area contributed by atoms with Gasteiger partial charge in [0.05, 0.1) is 4.92 Å². The molecule has 0 aromatic heterocycles. The summed E-state index contributed by atoms with van der Waals surface area (Å²) in [7, 11) is 0. The quantitative estimate of drug-likeness (QED) is 0.184. The van der Waals surface area contributed by atoms with Gasteiger partial charge in [0.25, 0.3) is 5.69 Å². The van der Waals surface area contributed by atoms with Crippen LogP contribution in [0.25, 0.3) is 0 Å². The highest BCUT2D eigenvalue weighted by atomic mass is 16.6. The molecule has 0 amide bonds. The van der Waals surface area contributed by atoms with Gasteiger partial charge in [-0.2, -0.15) is 0 Å². The van der Waals surface area contributed by atoms with Gasteiger partial charge in [0.2, 0.25) is 11.6 Å². The molecule has 0 atom stereocenters. The van der Waals surface area contributed by atoms with Crippen LogP contribution in [0.2, 0.25) is 0 Å². The van der Waals surface area contributed by atoms with E-state index in [1.807, 2.05) is 42.5 Å². The summed E-state index contributed by atoms with van der Waals surface area (Å²) < 4.78 is 5.53. The molecule has 2 rings (SSSR count). The van der Waals surface area contributed by atoms with E-state index in [4.69, 9.17) is 14.9 Å². The first-order chi connectivity index (χ1) is 16.6. The number of nitro groups is 1. The second-order valence-electron chi connectivity index (χ2n) is 7.25. The number of ketones is 2. The molecule has 35 heavy (non-hydrogen) atoms. The van der Waals surface area contributed by atoms with Crippen LogP contribution in [-0.4, -0.2) is 38.6 Å². The molecule has 0 radical (unpaired) electrons. The number of hydrogen-bond donors (Lipinski definition) is 2. The minimum atomic E-state index is -1.63. The number of ether oxygens (including phenoxy) is 1. The fourth-order valence-corrected chi connectivity index (χ4v) is 2.68. The highest BCUT2D eigenvalue weighted by Gasteiger charge is 2.21. The Morgan fingerprint density at radius 1 is 0.943 bits per heavy atom. The highest BCUT2D eigenvalue weighted by Crippen LogP contribution is 2.25. The molecular weight excluding hydrogens is 458 g/mol. The van der Waals surface area contributed by atoms with E-state index in [9.17, 15) is 29.3 Å². The lowest BCUT2D eigenvalue weighted by molar-refractivity contribution is -0.385. The summed E-state index contributed by atoms with van der Waals surface area (Å²) >= 11 is 0. The molecule has 0 heterocycles. The Morgan fingerprint density at radius 2 is 1.57 bits per heavy atom. The average Bonchev–Trinajstić information content (AvgIpc) is 2.83. The van der Waals surface area contributed by atoms with Gasteiger partial charge in [-0.05, 0) is 30.5 Å². The second-order valence-corrected chi connectivity index (χ2v) is 7.25. The summed E-state index contributed by atoms with van der Waals surface area (Å²) in [6.45, 7) is 2.32. The number of benzene rings is 2. The van der Waals surface area contributed by atoms with Gasteiger partial charge in [-0.1, -0.05) is 55.8 Å². The number of Topliss-reactive ketones (excluding diaryl/α,β-unsaturated/α-hetero) is 2. The van der Waals surface area contributed by atoms with Crippen LogP contribution in [0.1, 0.15) is 43.7 Å². The number of aliphatic carboxylic acids is 2. The Morgan fingerprint density at radius 3 is 2.14 bits per heavy atom. The molecule has 0 spiro atoms. The summed E-state index contributed by atoms with van der Waals surface area (Å²) in [6.07, 6.45) is 5.96. The van der Waals surface area contributed by atoms with Crippen LogP contribution >= 0.6 is 0 Å². The molecule has 10 heteroatoms. The zero-order valence-electron chi connectivity index (χ0n) is 19.2. The predicted octanol–water partition coefficient (Wildman–Crippen LogP) is 4.15. The topological polar surface area (TPSA) is 161 Å². The van der Waals surface area contributed by atoms with Crippen molar-refractivity contribution in [3.05, 3.63) is 81.9 Å². The molecule has 2 aromatic carbocycles. The molecule has 0 saturated heterocycles. The van der Waals surface area contributed by atoms with E-state index in [1.165, 1.54) is 18.2 Å².